The lowest BCUT2D eigenvalue weighted by Crippen LogP contribution is -2.42. The van der Waals surface area contributed by atoms with E-state index in [1.165, 1.54) is 18.4 Å². The molecule has 10 heteroatoms. The first-order valence-electron chi connectivity index (χ1n) is 12.4. The molecule has 3 N–H and O–H groups in total. The van der Waals surface area contributed by atoms with E-state index in [9.17, 15) is 14.4 Å². The van der Waals surface area contributed by atoms with Gasteiger partial charge in [0.25, 0.3) is 0 Å². The second-order valence-corrected chi connectivity index (χ2v) is 10.1. The molecule has 38 heavy (non-hydrogen) atoms. The summed E-state index contributed by atoms with van der Waals surface area (Å²) in [6.45, 7) is 3.44. The van der Waals surface area contributed by atoms with Gasteiger partial charge in [-0.25, -0.2) is 14.4 Å². The molecule has 1 aliphatic heterocycles. The zero-order chi connectivity index (χ0) is 27.1. The highest BCUT2D eigenvalue weighted by atomic mass is 32.1. The first-order chi connectivity index (χ1) is 18.4. The highest BCUT2D eigenvalue weighted by molar-refractivity contribution is 7.18. The molecular weight excluding hydrogens is 506 g/mol. The minimum Gasteiger partial charge on any atom is -0.480 e. The Hall–Kier alpha value is -4.05. The molecule has 200 valence electrons. The molecule has 0 spiro atoms. The number of nitrogens with one attached hydrogen (secondary N) is 2. The Morgan fingerprint density at radius 2 is 1.76 bits per heavy atom. The van der Waals surface area contributed by atoms with Crippen LogP contribution in [-0.2, 0) is 9.53 Å². The number of piperidine rings is 1. The van der Waals surface area contributed by atoms with Crippen molar-refractivity contribution >= 4 is 40.7 Å². The summed E-state index contributed by atoms with van der Waals surface area (Å²) in [4.78, 5) is 38.8. The maximum Gasteiger partial charge on any atom is 0.351 e. The number of ether oxygens (including phenoxy) is 2. The molecule has 1 aromatic heterocycles. The maximum absolute atomic E-state index is 12.5. The van der Waals surface area contributed by atoms with Crippen molar-refractivity contribution in [1.29, 1.82) is 0 Å². The Morgan fingerprint density at radius 3 is 2.45 bits per heavy atom. The van der Waals surface area contributed by atoms with E-state index in [0.29, 0.717) is 24.6 Å². The lowest BCUT2D eigenvalue weighted by Gasteiger charge is -2.32. The number of carboxylic acids is 1. The Bertz CT molecular complexity index is 1280. The summed E-state index contributed by atoms with van der Waals surface area (Å²) in [6.07, 6.45) is 1.82. The van der Waals surface area contributed by atoms with Gasteiger partial charge in [0.1, 0.15) is 5.75 Å². The highest BCUT2D eigenvalue weighted by Crippen LogP contribution is 2.42. The monoisotopic (exact) mass is 537 g/mol. The first kappa shape index (κ1) is 27.0. The molecule has 1 aliphatic rings. The SMILES string of the molecule is COC(=O)c1sc(-c2cccc(NCC3CCN(C(=O)Nc4ccccc4)CC3)c2)c(C)c1OCC(=O)O. The number of rotatable bonds is 9. The normalized spacial score (nSPS) is 13.6. The number of urea groups is 1. The van der Waals surface area contributed by atoms with E-state index >= 15 is 0 Å². The summed E-state index contributed by atoms with van der Waals surface area (Å²) >= 11 is 1.22. The minimum absolute atomic E-state index is 0.0698. The van der Waals surface area contributed by atoms with Crippen molar-refractivity contribution in [2.24, 2.45) is 5.92 Å². The molecule has 2 aromatic carbocycles. The van der Waals surface area contributed by atoms with E-state index in [1.807, 2.05) is 59.5 Å². The van der Waals surface area contributed by atoms with Crippen molar-refractivity contribution in [3.8, 4) is 16.2 Å². The van der Waals surface area contributed by atoms with Crippen LogP contribution in [0.4, 0.5) is 16.2 Å². The third-order valence-electron chi connectivity index (χ3n) is 6.45. The van der Waals surface area contributed by atoms with Crippen molar-refractivity contribution in [2.75, 3.05) is 44.0 Å². The van der Waals surface area contributed by atoms with Crippen LogP contribution in [0.5, 0.6) is 5.75 Å². The smallest absolute Gasteiger partial charge is 0.351 e. The third kappa shape index (κ3) is 6.63. The zero-order valence-electron chi connectivity index (χ0n) is 21.4. The Labute approximate surface area is 225 Å². The molecule has 4 rings (SSSR count). The number of esters is 1. The Balaban J connectivity index is 1.36. The first-order valence-corrected chi connectivity index (χ1v) is 13.2. The summed E-state index contributed by atoms with van der Waals surface area (Å²) < 4.78 is 10.3. The molecule has 0 unspecified atom stereocenters. The molecule has 0 aliphatic carbocycles. The van der Waals surface area contributed by atoms with Gasteiger partial charge < -0.3 is 30.1 Å². The van der Waals surface area contributed by atoms with Gasteiger partial charge in [-0.3, -0.25) is 0 Å². The Morgan fingerprint density at radius 1 is 1.05 bits per heavy atom. The minimum atomic E-state index is -1.12. The van der Waals surface area contributed by atoms with Crippen LogP contribution in [0.3, 0.4) is 0 Å². The number of likely N-dealkylation sites (tertiary alicyclic amines) is 1. The van der Waals surface area contributed by atoms with E-state index in [4.69, 9.17) is 14.6 Å². The standard InChI is InChI=1S/C28H31N3O6S/c1-18-24(37-17-23(32)33)26(27(34)36-2)38-25(18)20-7-6-10-22(15-20)29-16-19-11-13-31(14-12-19)28(35)30-21-8-4-3-5-9-21/h3-10,15,19,29H,11-14,16-17H2,1-2H3,(H,30,35)(H,32,33). The fourth-order valence-corrected chi connectivity index (χ4v) is 5.57. The predicted molar refractivity (Wildman–Crippen MR) is 147 cm³/mol. The average Bonchev–Trinajstić information content (AvgIpc) is 3.27. The number of aliphatic carboxylic acids is 1. The maximum atomic E-state index is 12.5. The van der Waals surface area contributed by atoms with Crippen LogP contribution in [0.1, 0.15) is 28.1 Å². The van der Waals surface area contributed by atoms with Gasteiger partial charge >= 0.3 is 18.0 Å². The molecule has 0 saturated carbocycles. The van der Waals surface area contributed by atoms with Crippen molar-refractivity contribution in [3.63, 3.8) is 0 Å². The molecule has 1 saturated heterocycles. The van der Waals surface area contributed by atoms with Gasteiger partial charge in [-0.2, -0.15) is 0 Å². The zero-order valence-corrected chi connectivity index (χ0v) is 22.2. The number of thiophene rings is 1. The number of carbonyl (C=O) groups excluding carboxylic acids is 2. The number of carbonyl (C=O) groups is 3. The molecule has 0 radical (unpaired) electrons. The molecule has 1 fully saturated rings. The number of amides is 2. The molecule has 0 bridgehead atoms. The van der Waals surface area contributed by atoms with Crippen LogP contribution in [-0.4, -0.2) is 61.3 Å². The lowest BCUT2D eigenvalue weighted by molar-refractivity contribution is -0.139. The van der Waals surface area contributed by atoms with E-state index < -0.39 is 18.5 Å². The summed E-state index contributed by atoms with van der Waals surface area (Å²) in [5.41, 5.74) is 3.31. The number of hydrogen-bond acceptors (Lipinski definition) is 7. The van der Waals surface area contributed by atoms with Crippen LogP contribution in [0.15, 0.2) is 54.6 Å². The van der Waals surface area contributed by atoms with Crippen LogP contribution < -0.4 is 15.4 Å². The molecule has 3 aromatic rings. The largest absolute Gasteiger partial charge is 0.480 e. The van der Waals surface area contributed by atoms with Gasteiger partial charge in [-0.1, -0.05) is 30.3 Å². The van der Waals surface area contributed by atoms with E-state index in [2.05, 4.69) is 10.6 Å². The van der Waals surface area contributed by atoms with Crippen LogP contribution in [0, 0.1) is 12.8 Å². The number of methoxy groups -OCH3 is 1. The fraction of sp³-hybridized carbons (Fsp3) is 0.321. The van der Waals surface area contributed by atoms with Crippen molar-refractivity contribution in [3.05, 3.63) is 65.0 Å². The summed E-state index contributed by atoms with van der Waals surface area (Å²) in [5.74, 6) is -1.02. The summed E-state index contributed by atoms with van der Waals surface area (Å²) in [5, 5.41) is 15.5. The molecule has 9 nitrogen and oxygen atoms in total. The van der Waals surface area contributed by atoms with Gasteiger partial charge in [0.05, 0.1) is 7.11 Å². The van der Waals surface area contributed by atoms with Crippen LogP contribution in [0.25, 0.3) is 10.4 Å². The van der Waals surface area contributed by atoms with E-state index in [0.717, 1.165) is 41.2 Å². The number of hydrogen-bond donors (Lipinski definition) is 3. The molecular formula is C28H31N3O6S. The predicted octanol–water partition coefficient (Wildman–Crippen LogP) is 5.33. The Kier molecular flexibility index (Phi) is 8.85. The second-order valence-electron chi connectivity index (χ2n) is 9.08. The average molecular weight is 538 g/mol. The van der Waals surface area contributed by atoms with Crippen molar-refractivity contribution < 1.29 is 29.0 Å². The third-order valence-corrected chi connectivity index (χ3v) is 7.75. The highest BCUT2D eigenvalue weighted by Gasteiger charge is 2.25. The van der Waals surface area contributed by atoms with Gasteiger partial charge in [0.2, 0.25) is 0 Å². The number of carboxylic acid groups (broad SMARTS) is 1. The van der Waals surface area contributed by atoms with Crippen LogP contribution in [0.2, 0.25) is 0 Å². The molecule has 0 atom stereocenters. The van der Waals surface area contributed by atoms with Gasteiger partial charge in [-0.15, -0.1) is 11.3 Å². The second kappa shape index (κ2) is 12.5. The van der Waals surface area contributed by atoms with Gasteiger partial charge in [0.15, 0.2) is 11.5 Å². The van der Waals surface area contributed by atoms with Crippen LogP contribution >= 0.6 is 11.3 Å². The van der Waals surface area contributed by atoms with Crippen molar-refractivity contribution in [1.82, 2.24) is 4.90 Å². The number of nitrogens with zero attached hydrogens (tertiary/aromatic N) is 1. The number of benzene rings is 2. The van der Waals surface area contributed by atoms with E-state index in [1.54, 1.807) is 6.92 Å². The number of para-hydroxylation sites is 1. The lowest BCUT2D eigenvalue weighted by atomic mass is 9.97. The quantitative estimate of drug-likeness (QED) is 0.316. The van der Waals surface area contributed by atoms with E-state index in [-0.39, 0.29) is 16.7 Å². The summed E-state index contributed by atoms with van der Waals surface area (Å²) in [6, 6.07) is 17.2. The summed E-state index contributed by atoms with van der Waals surface area (Å²) in [7, 11) is 1.28. The number of anilines is 2. The molecule has 2 amide bonds. The van der Waals surface area contributed by atoms with Gasteiger partial charge in [-0.05, 0) is 55.5 Å². The van der Waals surface area contributed by atoms with Gasteiger partial charge in [0, 0.05) is 41.4 Å². The topological polar surface area (TPSA) is 117 Å². The molecule has 2 heterocycles. The fourth-order valence-electron chi connectivity index (χ4n) is 4.41. The van der Waals surface area contributed by atoms with Crippen molar-refractivity contribution in [2.45, 2.75) is 19.8 Å².